The van der Waals surface area contributed by atoms with Gasteiger partial charge in [0, 0.05) is 11.3 Å². The Labute approximate surface area is 88.5 Å². The fraction of sp³-hybridized carbons (Fsp3) is 0.400. The van der Waals surface area contributed by atoms with E-state index >= 15 is 0 Å². The van der Waals surface area contributed by atoms with Gasteiger partial charge in [-0.2, -0.15) is 0 Å². The normalized spacial score (nSPS) is 26.2. The van der Waals surface area contributed by atoms with Crippen LogP contribution in [0, 0.1) is 6.92 Å². The van der Waals surface area contributed by atoms with Crippen LogP contribution in [-0.4, -0.2) is 17.9 Å². The van der Waals surface area contributed by atoms with Crippen molar-refractivity contribution in [1.29, 1.82) is 0 Å². The molecule has 0 amide bonds. The number of thiol groups is 1. The van der Waals surface area contributed by atoms with E-state index in [1.165, 1.54) is 0 Å². The van der Waals surface area contributed by atoms with E-state index in [0.29, 0.717) is 0 Å². The third-order valence-electron chi connectivity index (χ3n) is 2.21. The summed E-state index contributed by atoms with van der Waals surface area (Å²) in [4.78, 5) is 0. The van der Waals surface area contributed by atoms with Crippen LogP contribution in [0.1, 0.15) is 16.6 Å². The van der Waals surface area contributed by atoms with Crippen LogP contribution in [0.4, 0.5) is 5.69 Å². The lowest BCUT2D eigenvalue weighted by Crippen LogP contribution is -2.22. The van der Waals surface area contributed by atoms with Gasteiger partial charge in [0.25, 0.3) is 0 Å². The maximum absolute atomic E-state index is 9.45. The summed E-state index contributed by atoms with van der Waals surface area (Å²) >= 11 is 4.32. The first-order chi connectivity index (χ1) is 6.66. The number of hydrogen-bond acceptors (Lipinski definition) is 4. The number of nitrogens with one attached hydrogen (secondary N) is 1. The first-order valence-corrected chi connectivity index (χ1v) is 5.03. The third-order valence-corrected chi connectivity index (χ3v) is 2.63. The van der Waals surface area contributed by atoms with Crippen molar-refractivity contribution in [3.63, 3.8) is 0 Å². The SMILES string of the molecule is Cc1ccc2c(c1)[C@H](S)OC[C@@H](O)N2. The molecular formula is C10H13NO2S. The highest BCUT2D eigenvalue weighted by Crippen LogP contribution is 2.32. The predicted octanol–water partition coefficient (Wildman–Crippen LogP) is 1.68. The van der Waals surface area contributed by atoms with Crippen LogP contribution in [0.15, 0.2) is 18.2 Å². The smallest absolute Gasteiger partial charge is 0.148 e. The molecule has 0 unspecified atom stereocenters. The minimum absolute atomic E-state index is 0.252. The van der Waals surface area contributed by atoms with Crippen molar-refractivity contribution < 1.29 is 9.84 Å². The maximum Gasteiger partial charge on any atom is 0.148 e. The molecule has 0 saturated carbocycles. The van der Waals surface area contributed by atoms with Gasteiger partial charge in [0.15, 0.2) is 0 Å². The first kappa shape index (κ1) is 9.83. The summed E-state index contributed by atoms with van der Waals surface area (Å²) in [6.07, 6.45) is -0.659. The molecule has 0 aromatic heterocycles. The summed E-state index contributed by atoms with van der Waals surface area (Å²) in [6, 6.07) is 5.94. The average molecular weight is 211 g/mol. The fourth-order valence-corrected chi connectivity index (χ4v) is 1.81. The quantitative estimate of drug-likeness (QED) is 0.572. The Morgan fingerprint density at radius 1 is 1.57 bits per heavy atom. The Bertz CT molecular complexity index is 343. The monoisotopic (exact) mass is 211 g/mol. The Hall–Kier alpha value is -0.710. The number of benzene rings is 1. The standard InChI is InChI=1S/C10H13NO2S/c1-6-2-3-8-7(4-6)10(14)13-5-9(12)11-8/h2-4,9-12,14H,5H2,1H3/t9-,10+/m1/s1. The molecule has 0 saturated heterocycles. The van der Waals surface area contributed by atoms with E-state index in [4.69, 9.17) is 4.74 Å². The Balaban J connectivity index is 2.42. The molecule has 1 aliphatic heterocycles. The van der Waals surface area contributed by atoms with Crippen molar-refractivity contribution >= 4 is 18.3 Å². The number of fused-ring (bicyclic) bond motifs is 1. The van der Waals surface area contributed by atoms with E-state index < -0.39 is 6.23 Å². The predicted molar refractivity (Wildman–Crippen MR) is 58.5 cm³/mol. The molecule has 1 aromatic rings. The van der Waals surface area contributed by atoms with Crippen molar-refractivity contribution in [3.8, 4) is 0 Å². The molecule has 2 rings (SSSR count). The molecule has 1 heterocycles. The van der Waals surface area contributed by atoms with Gasteiger partial charge >= 0.3 is 0 Å². The van der Waals surface area contributed by atoms with E-state index in [-0.39, 0.29) is 12.0 Å². The van der Waals surface area contributed by atoms with Gasteiger partial charge in [0.2, 0.25) is 0 Å². The fourth-order valence-electron chi connectivity index (χ4n) is 1.51. The third kappa shape index (κ3) is 1.87. The zero-order valence-electron chi connectivity index (χ0n) is 7.90. The highest BCUT2D eigenvalue weighted by molar-refractivity contribution is 7.80. The summed E-state index contributed by atoms with van der Waals surface area (Å²) in [5.41, 5.74) is 2.75. The minimum atomic E-state index is -0.659. The van der Waals surface area contributed by atoms with E-state index in [2.05, 4.69) is 17.9 Å². The molecular weight excluding hydrogens is 198 g/mol. The van der Waals surface area contributed by atoms with Gasteiger partial charge in [-0.05, 0) is 13.0 Å². The van der Waals surface area contributed by atoms with Crippen molar-refractivity contribution in [2.75, 3.05) is 11.9 Å². The van der Waals surface area contributed by atoms with Crippen LogP contribution in [-0.2, 0) is 4.74 Å². The van der Waals surface area contributed by atoms with Crippen LogP contribution < -0.4 is 5.32 Å². The number of ether oxygens (including phenoxy) is 1. The second-order valence-electron chi connectivity index (χ2n) is 3.44. The highest BCUT2D eigenvalue weighted by Gasteiger charge is 2.19. The zero-order chi connectivity index (χ0) is 10.1. The number of rotatable bonds is 0. The molecule has 0 aliphatic carbocycles. The van der Waals surface area contributed by atoms with E-state index in [1.807, 2.05) is 25.1 Å². The van der Waals surface area contributed by atoms with Gasteiger partial charge in [-0.1, -0.05) is 17.7 Å². The van der Waals surface area contributed by atoms with Gasteiger partial charge in [-0.25, -0.2) is 0 Å². The Morgan fingerprint density at radius 2 is 2.36 bits per heavy atom. The molecule has 0 radical (unpaired) electrons. The molecule has 0 fully saturated rings. The lowest BCUT2D eigenvalue weighted by Gasteiger charge is -2.12. The second kappa shape index (κ2) is 3.81. The van der Waals surface area contributed by atoms with Crippen LogP contribution in [0.5, 0.6) is 0 Å². The van der Waals surface area contributed by atoms with Crippen molar-refractivity contribution in [2.24, 2.45) is 0 Å². The van der Waals surface area contributed by atoms with Crippen LogP contribution in [0.2, 0.25) is 0 Å². The average Bonchev–Trinajstić information content (AvgIpc) is 2.29. The zero-order valence-corrected chi connectivity index (χ0v) is 8.79. The molecule has 1 aliphatic rings. The minimum Gasteiger partial charge on any atom is -0.371 e. The lowest BCUT2D eigenvalue weighted by molar-refractivity contribution is 0.0440. The van der Waals surface area contributed by atoms with Gasteiger partial charge < -0.3 is 15.2 Å². The van der Waals surface area contributed by atoms with Crippen molar-refractivity contribution in [3.05, 3.63) is 29.3 Å². The number of anilines is 1. The van der Waals surface area contributed by atoms with Crippen molar-refractivity contribution in [2.45, 2.75) is 18.6 Å². The summed E-state index contributed by atoms with van der Waals surface area (Å²) in [5.74, 6) is 0. The first-order valence-electron chi connectivity index (χ1n) is 4.51. The topological polar surface area (TPSA) is 41.5 Å². The maximum atomic E-state index is 9.45. The molecule has 2 N–H and O–H groups in total. The highest BCUT2D eigenvalue weighted by atomic mass is 32.1. The Morgan fingerprint density at radius 3 is 3.14 bits per heavy atom. The molecule has 4 heteroatoms. The molecule has 2 atom stereocenters. The van der Waals surface area contributed by atoms with Crippen LogP contribution in [0.25, 0.3) is 0 Å². The van der Waals surface area contributed by atoms with Gasteiger partial charge in [-0.15, -0.1) is 12.6 Å². The van der Waals surface area contributed by atoms with Crippen LogP contribution in [0.3, 0.4) is 0 Å². The van der Waals surface area contributed by atoms with E-state index in [0.717, 1.165) is 16.8 Å². The largest absolute Gasteiger partial charge is 0.371 e. The molecule has 14 heavy (non-hydrogen) atoms. The molecule has 1 aromatic carbocycles. The van der Waals surface area contributed by atoms with Crippen molar-refractivity contribution in [1.82, 2.24) is 0 Å². The molecule has 3 nitrogen and oxygen atoms in total. The van der Waals surface area contributed by atoms with E-state index in [9.17, 15) is 5.11 Å². The van der Waals surface area contributed by atoms with Gasteiger partial charge in [0.1, 0.15) is 11.7 Å². The number of aryl methyl sites for hydroxylation is 1. The lowest BCUT2D eigenvalue weighted by atomic mass is 10.1. The number of hydrogen-bond donors (Lipinski definition) is 3. The van der Waals surface area contributed by atoms with Crippen LogP contribution >= 0.6 is 12.6 Å². The summed E-state index contributed by atoms with van der Waals surface area (Å²) in [6.45, 7) is 2.27. The number of aliphatic hydroxyl groups is 1. The molecule has 76 valence electrons. The van der Waals surface area contributed by atoms with E-state index in [1.54, 1.807) is 0 Å². The summed E-state index contributed by atoms with van der Waals surface area (Å²) in [7, 11) is 0. The Kier molecular flexibility index (Phi) is 2.67. The molecule has 0 bridgehead atoms. The summed E-state index contributed by atoms with van der Waals surface area (Å²) < 4.78 is 5.35. The second-order valence-corrected chi connectivity index (χ2v) is 3.91. The molecule has 0 spiro atoms. The van der Waals surface area contributed by atoms with Gasteiger partial charge in [0.05, 0.1) is 6.61 Å². The number of aliphatic hydroxyl groups excluding tert-OH is 1. The van der Waals surface area contributed by atoms with Gasteiger partial charge in [-0.3, -0.25) is 0 Å². The summed E-state index contributed by atoms with van der Waals surface area (Å²) in [5, 5.41) is 12.4.